The molecule has 0 atom stereocenters. The molecule has 0 bridgehead atoms. The number of nitrogens with zero attached hydrogens (tertiary/aromatic N) is 1. The molecule has 3 aromatic rings. The van der Waals surface area contributed by atoms with E-state index < -0.39 is 0 Å². The lowest BCUT2D eigenvalue weighted by Crippen LogP contribution is -2.23. The fourth-order valence-corrected chi connectivity index (χ4v) is 2.85. The van der Waals surface area contributed by atoms with E-state index in [2.05, 4.69) is 10.6 Å². The number of hydrogen-bond acceptors (Lipinski definition) is 2. The lowest BCUT2D eigenvalue weighted by molar-refractivity contribution is 0.262. The van der Waals surface area contributed by atoms with Crippen LogP contribution in [-0.4, -0.2) is 10.6 Å². The van der Waals surface area contributed by atoms with Crippen LogP contribution in [0.15, 0.2) is 53.5 Å². The number of fused-ring (bicyclic) bond motifs is 1. The number of aromatic nitrogens is 1. The third-order valence-electron chi connectivity index (χ3n) is 3.82. The molecule has 2 aromatic carbocycles. The zero-order valence-electron chi connectivity index (χ0n) is 13.9. The number of urea groups is 1. The Kier molecular flexibility index (Phi) is 4.08. The number of nitrogens with one attached hydrogen (secondary N) is 2. The van der Waals surface area contributed by atoms with E-state index in [4.69, 9.17) is 0 Å². The average Bonchev–Trinajstić information content (AvgIpc) is 2.51. The molecule has 122 valence electrons. The zero-order chi connectivity index (χ0) is 17.3. The van der Waals surface area contributed by atoms with Crippen LogP contribution in [0.2, 0.25) is 0 Å². The number of hydrogen-bond donors (Lipinski definition) is 2. The normalized spacial score (nSPS) is 10.6. The minimum atomic E-state index is -0.344. The smallest absolute Gasteiger partial charge is 0.316 e. The van der Waals surface area contributed by atoms with Gasteiger partial charge in [0.05, 0.1) is 5.69 Å². The summed E-state index contributed by atoms with van der Waals surface area (Å²) in [7, 11) is 1.67. The Morgan fingerprint density at radius 1 is 0.958 bits per heavy atom. The predicted molar refractivity (Wildman–Crippen MR) is 97.7 cm³/mol. The fourth-order valence-electron chi connectivity index (χ4n) is 2.85. The van der Waals surface area contributed by atoms with Crippen molar-refractivity contribution in [2.45, 2.75) is 13.8 Å². The van der Waals surface area contributed by atoms with Crippen molar-refractivity contribution in [2.75, 3.05) is 10.6 Å². The van der Waals surface area contributed by atoms with Crippen LogP contribution in [0.25, 0.3) is 10.8 Å². The van der Waals surface area contributed by atoms with Crippen molar-refractivity contribution in [3.8, 4) is 0 Å². The first-order valence-electron chi connectivity index (χ1n) is 7.69. The lowest BCUT2D eigenvalue weighted by Gasteiger charge is -2.12. The minimum absolute atomic E-state index is 0.0918. The average molecular weight is 321 g/mol. The summed E-state index contributed by atoms with van der Waals surface area (Å²) in [6, 6.07) is 12.7. The van der Waals surface area contributed by atoms with Gasteiger partial charge in [0.15, 0.2) is 0 Å². The first kappa shape index (κ1) is 15.8. The number of carbonyl (C=O) groups is 1. The molecule has 1 aromatic heterocycles. The molecule has 0 saturated heterocycles. The van der Waals surface area contributed by atoms with E-state index in [1.165, 1.54) is 4.57 Å². The van der Waals surface area contributed by atoms with Crippen molar-refractivity contribution < 1.29 is 4.79 Å². The fraction of sp³-hybridized carbons (Fsp3) is 0.158. The van der Waals surface area contributed by atoms with Gasteiger partial charge in [0, 0.05) is 29.7 Å². The van der Waals surface area contributed by atoms with Gasteiger partial charge < -0.3 is 15.2 Å². The molecule has 0 saturated carbocycles. The number of carbonyl (C=O) groups excluding carboxylic acids is 1. The third kappa shape index (κ3) is 3.15. The molecule has 0 radical (unpaired) electrons. The van der Waals surface area contributed by atoms with E-state index in [9.17, 15) is 9.59 Å². The maximum absolute atomic E-state index is 12.3. The van der Waals surface area contributed by atoms with E-state index >= 15 is 0 Å². The summed E-state index contributed by atoms with van der Waals surface area (Å²) in [6.07, 6.45) is 1.63. The molecule has 0 fully saturated rings. The van der Waals surface area contributed by atoms with Gasteiger partial charge in [-0.1, -0.05) is 24.3 Å². The summed E-state index contributed by atoms with van der Waals surface area (Å²) in [5.74, 6) is 0. The molecule has 5 nitrogen and oxygen atoms in total. The Labute approximate surface area is 139 Å². The minimum Gasteiger partial charge on any atom is -0.316 e. The highest BCUT2D eigenvalue weighted by atomic mass is 16.2. The Bertz CT molecular complexity index is 969. The predicted octanol–water partition coefficient (Wildman–Crippen LogP) is 3.80. The van der Waals surface area contributed by atoms with Crippen LogP contribution in [0.5, 0.6) is 0 Å². The van der Waals surface area contributed by atoms with E-state index in [0.717, 1.165) is 22.2 Å². The Morgan fingerprint density at radius 3 is 2.25 bits per heavy atom. The molecule has 3 rings (SSSR count). The highest BCUT2D eigenvalue weighted by Crippen LogP contribution is 2.20. The van der Waals surface area contributed by atoms with Crippen molar-refractivity contribution in [3.63, 3.8) is 0 Å². The quantitative estimate of drug-likeness (QED) is 0.754. The maximum atomic E-state index is 12.3. The summed E-state index contributed by atoms with van der Waals surface area (Å²) in [5, 5.41) is 6.96. The molecule has 24 heavy (non-hydrogen) atoms. The van der Waals surface area contributed by atoms with Gasteiger partial charge in [0.1, 0.15) is 0 Å². The maximum Gasteiger partial charge on any atom is 0.323 e. The van der Waals surface area contributed by atoms with Crippen LogP contribution in [0, 0.1) is 13.8 Å². The highest BCUT2D eigenvalue weighted by molar-refractivity contribution is 6.05. The third-order valence-corrected chi connectivity index (χ3v) is 3.82. The molecule has 2 amide bonds. The van der Waals surface area contributed by atoms with E-state index in [0.29, 0.717) is 11.1 Å². The Morgan fingerprint density at radius 2 is 1.58 bits per heavy atom. The molecule has 0 aliphatic carbocycles. The van der Waals surface area contributed by atoms with Crippen molar-refractivity contribution >= 4 is 28.2 Å². The molecule has 1 heterocycles. The number of amides is 2. The molecule has 5 heteroatoms. The standard InChI is InChI=1S/C19H19N3O2/c1-12-8-13(2)10-14(9-12)20-19(24)21-17-11-22(3)18(23)16-7-5-4-6-15(16)17/h4-11H,1-3H3,(H2,20,21,24). The summed E-state index contributed by atoms with van der Waals surface area (Å²) in [5.41, 5.74) is 3.40. The van der Waals surface area contributed by atoms with E-state index in [-0.39, 0.29) is 11.6 Å². The van der Waals surface area contributed by atoms with Gasteiger partial charge in [-0.15, -0.1) is 0 Å². The second kappa shape index (κ2) is 6.20. The van der Waals surface area contributed by atoms with E-state index in [1.54, 1.807) is 19.3 Å². The SMILES string of the molecule is Cc1cc(C)cc(NC(=O)Nc2cn(C)c(=O)c3ccccc23)c1. The van der Waals surface area contributed by atoms with Crippen LogP contribution in [0.4, 0.5) is 16.2 Å². The highest BCUT2D eigenvalue weighted by Gasteiger charge is 2.10. The second-order valence-corrected chi connectivity index (χ2v) is 5.96. The number of anilines is 2. The molecular formula is C19H19N3O2. The molecule has 2 N–H and O–H groups in total. The zero-order valence-corrected chi connectivity index (χ0v) is 13.9. The first-order chi connectivity index (χ1) is 11.4. The number of aryl methyl sites for hydroxylation is 3. The van der Waals surface area contributed by atoms with Crippen LogP contribution in [0.3, 0.4) is 0 Å². The van der Waals surface area contributed by atoms with Crippen molar-refractivity contribution in [3.05, 3.63) is 70.1 Å². The topological polar surface area (TPSA) is 63.1 Å². The Balaban J connectivity index is 1.91. The first-order valence-corrected chi connectivity index (χ1v) is 7.69. The number of pyridine rings is 1. The van der Waals surface area contributed by atoms with Crippen LogP contribution >= 0.6 is 0 Å². The van der Waals surface area contributed by atoms with Gasteiger partial charge >= 0.3 is 6.03 Å². The van der Waals surface area contributed by atoms with Gasteiger partial charge in [-0.05, 0) is 43.2 Å². The molecular weight excluding hydrogens is 302 g/mol. The van der Waals surface area contributed by atoms with E-state index in [1.807, 2.05) is 50.2 Å². The van der Waals surface area contributed by atoms with Crippen molar-refractivity contribution in [2.24, 2.45) is 7.05 Å². The summed E-state index contributed by atoms with van der Waals surface area (Å²) in [6.45, 7) is 3.97. The van der Waals surface area contributed by atoms with Gasteiger partial charge in [0.2, 0.25) is 0 Å². The molecule has 0 spiro atoms. The van der Waals surface area contributed by atoms with Gasteiger partial charge in [-0.3, -0.25) is 4.79 Å². The van der Waals surface area contributed by atoms with Gasteiger partial charge in [0.25, 0.3) is 5.56 Å². The largest absolute Gasteiger partial charge is 0.323 e. The summed E-state index contributed by atoms with van der Waals surface area (Å²) in [4.78, 5) is 24.5. The summed E-state index contributed by atoms with van der Waals surface area (Å²) >= 11 is 0. The van der Waals surface area contributed by atoms with Crippen LogP contribution in [-0.2, 0) is 7.05 Å². The second-order valence-electron chi connectivity index (χ2n) is 5.96. The molecule has 0 unspecified atom stereocenters. The lowest BCUT2D eigenvalue weighted by atomic mass is 10.1. The van der Waals surface area contributed by atoms with Crippen molar-refractivity contribution in [1.82, 2.24) is 4.57 Å². The summed E-state index contributed by atoms with van der Waals surface area (Å²) < 4.78 is 1.47. The monoisotopic (exact) mass is 321 g/mol. The van der Waals surface area contributed by atoms with Crippen LogP contribution < -0.4 is 16.2 Å². The number of rotatable bonds is 2. The number of benzene rings is 2. The van der Waals surface area contributed by atoms with Gasteiger partial charge in [-0.2, -0.15) is 0 Å². The van der Waals surface area contributed by atoms with Gasteiger partial charge in [-0.25, -0.2) is 4.79 Å². The Hall–Kier alpha value is -3.08. The van der Waals surface area contributed by atoms with Crippen molar-refractivity contribution in [1.29, 1.82) is 0 Å². The molecule has 0 aliphatic rings. The van der Waals surface area contributed by atoms with Crippen LogP contribution in [0.1, 0.15) is 11.1 Å². The molecule has 0 aliphatic heterocycles.